The molecule has 2 nitrogen and oxygen atoms in total. The first-order chi connectivity index (χ1) is 4.29. The van der Waals surface area contributed by atoms with Crippen molar-refractivity contribution in [2.75, 3.05) is 0 Å². The minimum absolute atomic E-state index is 0.844. The Balaban J connectivity index is 2.48. The maximum atomic E-state index is 5.41. The van der Waals surface area contributed by atoms with Gasteiger partial charge in [-0.05, 0) is 19.2 Å². The van der Waals surface area contributed by atoms with Crippen LogP contribution >= 0.6 is 0 Å². The van der Waals surface area contributed by atoms with Crippen molar-refractivity contribution in [1.29, 1.82) is 0 Å². The van der Waals surface area contributed by atoms with E-state index >= 15 is 0 Å². The number of hydrogen-bond donors (Lipinski definition) is 1. The summed E-state index contributed by atoms with van der Waals surface area (Å²) in [5.41, 5.74) is 0. The predicted octanol–water partition coefficient (Wildman–Crippen LogP) is 1.18. The Kier molecular flexibility index (Phi) is 1.95. The highest BCUT2D eigenvalue weighted by Crippen LogP contribution is 2.06. The average molecular weight is 140 g/mol. The molecule has 0 spiro atoms. The topological polar surface area (TPSA) is 25.0 Å². The van der Waals surface area contributed by atoms with Crippen LogP contribution in [0.15, 0.2) is 12.3 Å². The molecule has 0 saturated carbocycles. The zero-order valence-corrected chi connectivity index (χ0v) is 6.79. The quantitative estimate of drug-likeness (QED) is 0.613. The van der Waals surface area contributed by atoms with Crippen molar-refractivity contribution in [3.8, 4) is 5.75 Å². The molecule has 0 aliphatic rings. The van der Waals surface area contributed by atoms with E-state index < -0.39 is 9.04 Å². The van der Waals surface area contributed by atoms with Gasteiger partial charge in [-0.1, -0.05) is 0 Å². The number of H-pyrrole nitrogens is 1. The van der Waals surface area contributed by atoms with E-state index in [2.05, 4.69) is 24.3 Å². The minimum atomic E-state index is -0.914. The lowest BCUT2D eigenvalue weighted by molar-refractivity contribution is 0.580. The first kappa shape index (κ1) is 6.42. The highest BCUT2D eigenvalue weighted by Gasteiger charge is 1.97. The molecule has 1 N–H and O–H groups in total. The van der Waals surface area contributed by atoms with Gasteiger partial charge in [0.1, 0.15) is 11.9 Å². The van der Waals surface area contributed by atoms with Gasteiger partial charge in [0.15, 0.2) is 0 Å². The summed E-state index contributed by atoms with van der Waals surface area (Å²) in [5, 5.41) is 0. The monoisotopic (exact) mass is 140 g/mol. The van der Waals surface area contributed by atoms with Crippen LogP contribution < -0.4 is 4.43 Å². The number of nitrogens with one attached hydrogen (secondary N) is 1. The van der Waals surface area contributed by atoms with Gasteiger partial charge in [-0.3, -0.25) is 0 Å². The van der Waals surface area contributed by atoms with Gasteiger partial charge in [0, 0.05) is 6.20 Å². The second-order valence-electron chi connectivity index (χ2n) is 2.13. The molecule has 1 heterocycles. The summed E-state index contributed by atoms with van der Waals surface area (Å²) in [6.07, 6.45) is 4.67. The van der Waals surface area contributed by atoms with Gasteiger partial charge in [0.25, 0.3) is 0 Å². The first-order valence-corrected chi connectivity index (χ1v) is 5.79. The Bertz CT molecular complexity index is 160. The van der Waals surface area contributed by atoms with Crippen LogP contribution in [0.2, 0.25) is 13.1 Å². The van der Waals surface area contributed by atoms with Crippen LogP contribution in [0.1, 0.15) is 0 Å². The fourth-order valence-electron chi connectivity index (χ4n) is 0.594. The molecule has 0 aliphatic carbocycles. The molecule has 0 atom stereocenters. The van der Waals surface area contributed by atoms with Crippen molar-refractivity contribution in [2.24, 2.45) is 0 Å². The summed E-state index contributed by atoms with van der Waals surface area (Å²) in [6.45, 7) is 4.25. The molecule has 1 aromatic heterocycles. The van der Waals surface area contributed by atoms with E-state index in [0.717, 1.165) is 5.75 Å². The molecule has 0 saturated heterocycles. The molecule has 9 heavy (non-hydrogen) atoms. The largest absolute Gasteiger partial charge is 0.545 e. The SMILES string of the molecule is C[SiH](C)Oc1[c][nH]cc1. The van der Waals surface area contributed by atoms with Crippen molar-refractivity contribution in [1.82, 2.24) is 4.98 Å². The molecule has 0 aliphatic heterocycles. The molecule has 1 aromatic rings. The van der Waals surface area contributed by atoms with Crippen molar-refractivity contribution < 1.29 is 4.43 Å². The van der Waals surface area contributed by atoms with Crippen molar-refractivity contribution >= 4 is 9.04 Å². The van der Waals surface area contributed by atoms with Gasteiger partial charge in [0.05, 0.1) is 0 Å². The Morgan fingerprint density at radius 3 is 2.89 bits per heavy atom. The standard InChI is InChI=1S/C6H10NOSi/c1-9(2)8-6-3-4-7-5-6/h3-4,7,9H,1-2H3. The van der Waals surface area contributed by atoms with Crippen LogP contribution in [0.5, 0.6) is 5.75 Å². The van der Waals surface area contributed by atoms with E-state index in [0.29, 0.717) is 0 Å². The normalized spacial score (nSPS) is 10.1. The Morgan fingerprint density at radius 2 is 2.44 bits per heavy atom. The summed E-state index contributed by atoms with van der Waals surface area (Å²) in [6, 6.07) is 1.88. The molecule has 0 aromatic carbocycles. The summed E-state index contributed by atoms with van der Waals surface area (Å²) >= 11 is 0. The molecule has 0 bridgehead atoms. The lowest BCUT2D eigenvalue weighted by Gasteiger charge is -2.03. The zero-order chi connectivity index (χ0) is 6.69. The highest BCUT2D eigenvalue weighted by molar-refractivity contribution is 6.49. The van der Waals surface area contributed by atoms with Gasteiger partial charge in [-0.25, -0.2) is 0 Å². The summed E-state index contributed by atoms with van der Waals surface area (Å²) in [4.78, 5) is 2.81. The van der Waals surface area contributed by atoms with E-state index in [9.17, 15) is 0 Å². The summed E-state index contributed by atoms with van der Waals surface area (Å²) in [5.74, 6) is 0.844. The molecule has 0 fully saturated rings. The zero-order valence-electron chi connectivity index (χ0n) is 5.64. The number of rotatable bonds is 2. The van der Waals surface area contributed by atoms with Crippen LogP contribution in [0, 0.1) is 6.20 Å². The Hall–Kier alpha value is -0.703. The van der Waals surface area contributed by atoms with Crippen LogP contribution in [0.3, 0.4) is 0 Å². The number of hydrogen-bond acceptors (Lipinski definition) is 1. The lowest BCUT2D eigenvalue weighted by atomic mass is 10.6. The van der Waals surface area contributed by atoms with E-state index in [4.69, 9.17) is 4.43 Å². The van der Waals surface area contributed by atoms with Crippen LogP contribution in [-0.2, 0) is 0 Å². The Labute approximate surface area is 56.6 Å². The third kappa shape index (κ3) is 1.93. The van der Waals surface area contributed by atoms with Gasteiger partial charge >= 0.3 is 0 Å². The summed E-state index contributed by atoms with van der Waals surface area (Å²) < 4.78 is 5.41. The van der Waals surface area contributed by atoms with Gasteiger partial charge < -0.3 is 9.41 Å². The van der Waals surface area contributed by atoms with E-state index in [1.54, 1.807) is 0 Å². The van der Waals surface area contributed by atoms with Gasteiger partial charge in [0.2, 0.25) is 9.04 Å². The molecule has 0 unspecified atom stereocenters. The average Bonchev–Trinajstić information content (AvgIpc) is 2.15. The summed E-state index contributed by atoms with van der Waals surface area (Å²) in [7, 11) is -0.914. The van der Waals surface area contributed by atoms with Crippen molar-refractivity contribution in [3.63, 3.8) is 0 Å². The van der Waals surface area contributed by atoms with E-state index in [1.807, 2.05) is 12.3 Å². The van der Waals surface area contributed by atoms with Crippen LogP contribution in [0.4, 0.5) is 0 Å². The first-order valence-electron chi connectivity index (χ1n) is 3.01. The second kappa shape index (κ2) is 2.73. The molecule has 3 heteroatoms. The molecule has 1 rings (SSSR count). The Morgan fingerprint density at radius 1 is 1.67 bits per heavy atom. The van der Waals surface area contributed by atoms with Crippen LogP contribution in [-0.4, -0.2) is 14.0 Å². The van der Waals surface area contributed by atoms with Crippen molar-refractivity contribution in [3.05, 3.63) is 18.5 Å². The fraction of sp³-hybridized carbons (Fsp3) is 0.333. The number of aromatic nitrogens is 1. The van der Waals surface area contributed by atoms with Gasteiger partial charge in [-0.2, -0.15) is 0 Å². The van der Waals surface area contributed by atoms with Crippen LogP contribution in [0.25, 0.3) is 0 Å². The smallest absolute Gasteiger partial charge is 0.229 e. The van der Waals surface area contributed by atoms with E-state index in [-0.39, 0.29) is 0 Å². The maximum Gasteiger partial charge on any atom is 0.229 e. The molecule has 0 amide bonds. The lowest BCUT2D eigenvalue weighted by Crippen LogP contribution is -2.10. The molecule has 1 radical (unpaired) electrons. The fourth-order valence-corrected chi connectivity index (χ4v) is 1.24. The molecular formula is C6H10NOSi. The number of aromatic amines is 1. The molecular weight excluding hydrogens is 130 g/mol. The maximum absolute atomic E-state index is 5.41. The third-order valence-corrected chi connectivity index (χ3v) is 1.60. The van der Waals surface area contributed by atoms with Gasteiger partial charge in [-0.15, -0.1) is 0 Å². The highest BCUT2D eigenvalue weighted by atomic mass is 28.3. The minimum Gasteiger partial charge on any atom is -0.545 e. The molecule has 49 valence electrons. The third-order valence-electron chi connectivity index (χ3n) is 0.876. The van der Waals surface area contributed by atoms with E-state index in [1.165, 1.54) is 0 Å². The second-order valence-corrected chi connectivity index (χ2v) is 4.47. The predicted molar refractivity (Wildman–Crippen MR) is 39.1 cm³/mol. The van der Waals surface area contributed by atoms with Crippen molar-refractivity contribution in [2.45, 2.75) is 13.1 Å².